The molecule has 0 atom stereocenters. The SMILES string of the molecule is O=C(Cn1cc(S(=O)(=O)c2ccccc2)c(=O)c2cc3c(cc21)OCO3)Nc1ccc(F)cc1. The van der Waals surface area contributed by atoms with Gasteiger partial charge < -0.3 is 19.4 Å². The fourth-order valence-corrected chi connectivity index (χ4v) is 5.08. The molecule has 1 N–H and O–H groups in total. The van der Waals surface area contributed by atoms with Gasteiger partial charge in [-0.05, 0) is 42.5 Å². The number of ether oxygens (including phenoxy) is 2. The highest BCUT2D eigenvalue weighted by Gasteiger charge is 2.26. The molecular formula is C24H17FN2O6S. The van der Waals surface area contributed by atoms with Crippen molar-refractivity contribution in [3.8, 4) is 11.5 Å². The molecule has 1 aliphatic rings. The monoisotopic (exact) mass is 480 g/mol. The molecule has 4 aromatic rings. The van der Waals surface area contributed by atoms with E-state index in [0.717, 1.165) is 6.20 Å². The topological polar surface area (TPSA) is 104 Å². The molecule has 34 heavy (non-hydrogen) atoms. The molecule has 0 aliphatic carbocycles. The van der Waals surface area contributed by atoms with E-state index in [1.54, 1.807) is 18.2 Å². The van der Waals surface area contributed by atoms with Crippen LogP contribution in [0.4, 0.5) is 10.1 Å². The summed E-state index contributed by atoms with van der Waals surface area (Å²) in [5.74, 6) is -0.270. The summed E-state index contributed by atoms with van der Waals surface area (Å²) in [5, 5.41) is 2.69. The van der Waals surface area contributed by atoms with Crippen LogP contribution in [0.5, 0.6) is 11.5 Å². The third kappa shape index (κ3) is 3.88. The number of carbonyl (C=O) groups is 1. The molecule has 172 valence electrons. The van der Waals surface area contributed by atoms with Crippen molar-refractivity contribution >= 4 is 32.3 Å². The molecule has 5 rings (SSSR count). The molecular weight excluding hydrogens is 463 g/mol. The molecule has 3 aromatic carbocycles. The number of nitrogens with one attached hydrogen (secondary N) is 1. The number of anilines is 1. The van der Waals surface area contributed by atoms with Gasteiger partial charge in [0.05, 0.1) is 15.8 Å². The van der Waals surface area contributed by atoms with Gasteiger partial charge in [-0.3, -0.25) is 9.59 Å². The Kier molecular flexibility index (Phi) is 5.29. The Morgan fingerprint density at radius 2 is 1.68 bits per heavy atom. The van der Waals surface area contributed by atoms with Crippen molar-refractivity contribution in [3.05, 3.63) is 89.0 Å². The van der Waals surface area contributed by atoms with Crippen molar-refractivity contribution in [3.63, 3.8) is 0 Å². The summed E-state index contributed by atoms with van der Waals surface area (Å²) in [5.41, 5.74) is -0.0469. The Balaban J connectivity index is 1.64. The first-order valence-corrected chi connectivity index (χ1v) is 11.6. The van der Waals surface area contributed by atoms with Crippen molar-refractivity contribution in [2.45, 2.75) is 16.3 Å². The molecule has 0 saturated carbocycles. The van der Waals surface area contributed by atoms with Crippen molar-refractivity contribution in [2.75, 3.05) is 12.1 Å². The van der Waals surface area contributed by atoms with E-state index in [1.165, 1.54) is 53.1 Å². The number of halogens is 1. The first-order valence-electron chi connectivity index (χ1n) is 10.2. The van der Waals surface area contributed by atoms with Crippen molar-refractivity contribution in [1.82, 2.24) is 4.57 Å². The third-order valence-corrected chi connectivity index (χ3v) is 7.09. The van der Waals surface area contributed by atoms with Gasteiger partial charge in [0.15, 0.2) is 11.5 Å². The average Bonchev–Trinajstić information content (AvgIpc) is 3.29. The van der Waals surface area contributed by atoms with Gasteiger partial charge in [0.2, 0.25) is 28.0 Å². The van der Waals surface area contributed by atoms with E-state index in [2.05, 4.69) is 5.32 Å². The highest BCUT2D eigenvalue weighted by Crippen LogP contribution is 2.35. The molecule has 0 unspecified atom stereocenters. The molecule has 1 aromatic heterocycles. The highest BCUT2D eigenvalue weighted by molar-refractivity contribution is 7.91. The van der Waals surface area contributed by atoms with Crippen molar-refractivity contribution in [1.29, 1.82) is 0 Å². The number of fused-ring (bicyclic) bond motifs is 2. The zero-order valence-electron chi connectivity index (χ0n) is 17.5. The fraction of sp³-hybridized carbons (Fsp3) is 0.0833. The summed E-state index contributed by atoms with van der Waals surface area (Å²) < 4.78 is 51.8. The lowest BCUT2D eigenvalue weighted by Gasteiger charge is -2.15. The molecule has 8 nitrogen and oxygen atoms in total. The summed E-state index contributed by atoms with van der Waals surface area (Å²) in [6.45, 7) is -0.356. The smallest absolute Gasteiger partial charge is 0.244 e. The van der Waals surface area contributed by atoms with Crippen LogP contribution >= 0.6 is 0 Å². The Morgan fingerprint density at radius 3 is 2.38 bits per heavy atom. The molecule has 10 heteroatoms. The van der Waals surface area contributed by atoms with Crippen LogP contribution in [0.25, 0.3) is 10.9 Å². The first-order chi connectivity index (χ1) is 16.3. The second-order valence-corrected chi connectivity index (χ2v) is 9.46. The summed E-state index contributed by atoms with van der Waals surface area (Å²) in [4.78, 5) is 25.5. The van der Waals surface area contributed by atoms with E-state index in [-0.39, 0.29) is 23.6 Å². The number of amides is 1. The van der Waals surface area contributed by atoms with E-state index in [1.807, 2.05) is 0 Å². The van der Waals surface area contributed by atoms with E-state index < -0.39 is 31.9 Å². The van der Waals surface area contributed by atoms with E-state index in [0.29, 0.717) is 22.7 Å². The molecule has 1 amide bonds. The fourth-order valence-electron chi connectivity index (χ4n) is 3.69. The molecule has 0 saturated heterocycles. The van der Waals surface area contributed by atoms with Crippen LogP contribution < -0.4 is 20.2 Å². The number of nitrogens with zero attached hydrogens (tertiary/aromatic N) is 1. The van der Waals surface area contributed by atoms with Crippen LogP contribution in [-0.4, -0.2) is 25.7 Å². The Labute approximate surface area is 193 Å². The molecule has 0 radical (unpaired) electrons. The van der Waals surface area contributed by atoms with Crippen LogP contribution in [0.1, 0.15) is 0 Å². The molecule has 0 bridgehead atoms. The lowest BCUT2D eigenvalue weighted by molar-refractivity contribution is -0.116. The average molecular weight is 480 g/mol. The zero-order chi connectivity index (χ0) is 23.9. The first kappa shape index (κ1) is 21.7. The molecule has 0 spiro atoms. The van der Waals surface area contributed by atoms with Crippen molar-refractivity contribution in [2.24, 2.45) is 0 Å². The van der Waals surface area contributed by atoms with Gasteiger partial charge in [0, 0.05) is 18.0 Å². The third-order valence-electron chi connectivity index (χ3n) is 5.33. The molecule has 2 heterocycles. The number of benzene rings is 3. The summed E-state index contributed by atoms with van der Waals surface area (Å²) in [6, 6.07) is 15.7. The predicted molar refractivity (Wildman–Crippen MR) is 121 cm³/mol. The minimum Gasteiger partial charge on any atom is -0.454 e. The van der Waals surface area contributed by atoms with Crippen LogP contribution in [0.3, 0.4) is 0 Å². The number of rotatable bonds is 5. The Hall–Kier alpha value is -4.18. The second-order valence-electron chi connectivity index (χ2n) is 7.54. The van der Waals surface area contributed by atoms with Gasteiger partial charge in [0.1, 0.15) is 17.3 Å². The van der Waals surface area contributed by atoms with Crippen LogP contribution in [0.15, 0.2) is 87.5 Å². The zero-order valence-corrected chi connectivity index (χ0v) is 18.3. The van der Waals surface area contributed by atoms with Gasteiger partial charge in [-0.15, -0.1) is 0 Å². The normalized spacial score (nSPS) is 12.6. The molecule has 1 aliphatic heterocycles. The van der Waals surface area contributed by atoms with Crippen molar-refractivity contribution < 1.29 is 27.1 Å². The van der Waals surface area contributed by atoms with Gasteiger partial charge in [-0.25, -0.2) is 12.8 Å². The number of hydrogen-bond donors (Lipinski definition) is 1. The Morgan fingerprint density at radius 1 is 1.00 bits per heavy atom. The lowest BCUT2D eigenvalue weighted by Crippen LogP contribution is -2.24. The van der Waals surface area contributed by atoms with Crippen LogP contribution in [0.2, 0.25) is 0 Å². The summed E-state index contributed by atoms with van der Waals surface area (Å²) in [6.07, 6.45) is 1.15. The minimum absolute atomic E-state index is 0.0416. The standard InChI is InChI=1S/C24H17FN2O6S/c25-15-6-8-16(9-7-15)26-23(28)13-27-12-22(34(30,31)17-4-2-1-3-5-17)24(29)18-10-20-21(11-19(18)27)33-14-32-20/h1-12H,13-14H2,(H,26,28). The maximum Gasteiger partial charge on any atom is 0.244 e. The van der Waals surface area contributed by atoms with E-state index in [9.17, 15) is 22.4 Å². The van der Waals surface area contributed by atoms with Gasteiger partial charge in [0.25, 0.3) is 0 Å². The quantitative estimate of drug-likeness (QED) is 0.470. The lowest BCUT2D eigenvalue weighted by atomic mass is 10.2. The largest absolute Gasteiger partial charge is 0.454 e. The van der Waals surface area contributed by atoms with E-state index in [4.69, 9.17) is 9.47 Å². The van der Waals surface area contributed by atoms with Gasteiger partial charge in [-0.1, -0.05) is 18.2 Å². The number of sulfone groups is 1. The minimum atomic E-state index is -4.18. The maximum absolute atomic E-state index is 13.3. The number of aromatic nitrogens is 1. The number of carbonyl (C=O) groups excluding carboxylic acids is 1. The summed E-state index contributed by atoms with van der Waals surface area (Å²) >= 11 is 0. The molecule has 0 fully saturated rings. The predicted octanol–water partition coefficient (Wildman–Crippen LogP) is 3.34. The van der Waals surface area contributed by atoms with E-state index >= 15 is 0 Å². The van der Waals surface area contributed by atoms with Crippen LogP contribution in [-0.2, 0) is 21.2 Å². The number of hydrogen-bond acceptors (Lipinski definition) is 6. The van der Waals surface area contributed by atoms with Gasteiger partial charge in [-0.2, -0.15) is 0 Å². The maximum atomic E-state index is 13.3. The highest BCUT2D eigenvalue weighted by atomic mass is 32.2. The second kappa shape index (κ2) is 8.31. The number of pyridine rings is 1. The van der Waals surface area contributed by atoms with Crippen LogP contribution in [0, 0.1) is 5.82 Å². The van der Waals surface area contributed by atoms with Gasteiger partial charge >= 0.3 is 0 Å². The summed E-state index contributed by atoms with van der Waals surface area (Å²) in [7, 11) is -4.18. The Bertz CT molecular complexity index is 1580.